The van der Waals surface area contributed by atoms with Crippen molar-refractivity contribution in [1.29, 1.82) is 0 Å². The van der Waals surface area contributed by atoms with Crippen molar-refractivity contribution in [2.75, 3.05) is 13.1 Å². The van der Waals surface area contributed by atoms with Crippen LogP contribution in [0.1, 0.15) is 20.3 Å². The summed E-state index contributed by atoms with van der Waals surface area (Å²) in [5, 5.41) is 28.7. The molecule has 0 amide bonds. The number of aliphatic hydroxyl groups is 3. The fraction of sp³-hybridized carbons (Fsp3) is 1.00. The van der Waals surface area contributed by atoms with Crippen molar-refractivity contribution in [2.45, 2.75) is 39.1 Å². The minimum absolute atomic E-state index is 0.263. The average molecular weight is 190 g/mol. The zero-order chi connectivity index (χ0) is 10.0. The van der Waals surface area contributed by atoms with E-state index in [0.29, 0.717) is 13.1 Å². The van der Waals surface area contributed by atoms with Crippen molar-refractivity contribution in [1.82, 2.24) is 9.80 Å². The summed E-state index contributed by atoms with van der Waals surface area (Å²) in [7, 11) is 0. The smallest absolute Gasteiger partial charge is 0.169 e. The Balaban J connectivity index is 2.69. The SMILES string of the molecule is CCN1C(O)CC(O)N(CC)C1O. The van der Waals surface area contributed by atoms with E-state index in [1.807, 2.05) is 13.8 Å². The molecule has 78 valence electrons. The van der Waals surface area contributed by atoms with Crippen molar-refractivity contribution in [3.63, 3.8) is 0 Å². The van der Waals surface area contributed by atoms with Gasteiger partial charge in [0.05, 0.1) is 0 Å². The Morgan fingerprint density at radius 1 is 1.00 bits per heavy atom. The Hall–Kier alpha value is -0.200. The molecule has 1 fully saturated rings. The lowest BCUT2D eigenvalue weighted by atomic mass is 10.2. The third-order valence-corrected chi connectivity index (χ3v) is 2.51. The summed E-state index contributed by atoms with van der Waals surface area (Å²) in [5.41, 5.74) is 0. The normalized spacial score (nSPS) is 38.1. The van der Waals surface area contributed by atoms with Gasteiger partial charge in [-0.3, -0.25) is 0 Å². The molecule has 1 rings (SSSR count). The lowest BCUT2D eigenvalue weighted by Gasteiger charge is -2.45. The van der Waals surface area contributed by atoms with Crippen LogP contribution in [0.3, 0.4) is 0 Å². The average Bonchev–Trinajstić information content (AvgIpc) is 2.04. The van der Waals surface area contributed by atoms with E-state index in [0.717, 1.165) is 0 Å². The van der Waals surface area contributed by atoms with E-state index in [1.54, 1.807) is 0 Å². The monoisotopic (exact) mass is 190 g/mol. The van der Waals surface area contributed by atoms with Crippen molar-refractivity contribution >= 4 is 0 Å². The Kier molecular flexibility index (Phi) is 3.63. The highest BCUT2D eigenvalue weighted by Crippen LogP contribution is 2.20. The second kappa shape index (κ2) is 4.34. The number of nitrogens with zero attached hydrogens (tertiary/aromatic N) is 2. The molecule has 1 saturated heterocycles. The summed E-state index contributed by atoms with van der Waals surface area (Å²) in [4.78, 5) is 3.08. The second-order valence-corrected chi connectivity index (χ2v) is 3.20. The fourth-order valence-electron chi connectivity index (χ4n) is 1.71. The fourth-order valence-corrected chi connectivity index (χ4v) is 1.71. The quantitative estimate of drug-likeness (QED) is 0.518. The standard InChI is InChI=1S/C8H18N2O3/c1-3-9-6(11)5-7(12)10(4-2)8(9)13/h6-8,11-13H,3-5H2,1-2H3. The van der Waals surface area contributed by atoms with Crippen LogP contribution >= 0.6 is 0 Å². The first-order valence-electron chi connectivity index (χ1n) is 4.67. The van der Waals surface area contributed by atoms with E-state index < -0.39 is 18.8 Å². The molecule has 5 heteroatoms. The van der Waals surface area contributed by atoms with Gasteiger partial charge in [-0.1, -0.05) is 13.8 Å². The maximum Gasteiger partial charge on any atom is 0.169 e. The first-order chi connectivity index (χ1) is 6.11. The molecule has 3 N–H and O–H groups in total. The van der Waals surface area contributed by atoms with Gasteiger partial charge < -0.3 is 15.3 Å². The lowest BCUT2D eigenvalue weighted by Crippen LogP contribution is -2.61. The molecule has 1 aliphatic rings. The summed E-state index contributed by atoms with van der Waals surface area (Å²) < 4.78 is 0. The zero-order valence-electron chi connectivity index (χ0n) is 8.09. The van der Waals surface area contributed by atoms with E-state index >= 15 is 0 Å². The van der Waals surface area contributed by atoms with Crippen molar-refractivity contribution < 1.29 is 15.3 Å². The molecule has 0 aromatic carbocycles. The van der Waals surface area contributed by atoms with Crippen LogP contribution in [0.15, 0.2) is 0 Å². The number of rotatable bonds is 2. The van der Waals surface area contributed by atoms with Gasteiger partial charge in [0, 0.05) is 19.5 Å². The maximum absolute atomic E-state index is 9.70. The van der Waals surface area contributed by atoms with Gasteiger partial charge in [0.25, 0.3) is 0 Å². The van der Waals surface area contributed by atoms with E-state index in [1.165, 1.54) is 9.80 Å². The van der Waals surface area contributed by atoms with Crippen LogP contribution in [0, 0.1) is 0 Å². The highest BCUT2D eigenvalue weighted by atomic mass is 16.4. The molecule has 5 nitrogen and oxygen atoms in total. The highest BCUT2D eigenvalue weighted by Gasteiger charge is 2.36. The predicted octanol–water partition coefficient (Wildman–Crippen LogP) is -1.05. The molecule has 1 heterocycles. The van der Waals surface area contributed by atoms with Crippen LogP contribution in [-0.2, 0) is 0 Å². The van der Waals surface area contributed by atoms with Crippen LogP contribution in [-0.4, -0.2) is 57.0 Å². The van der Waals surface area contributed by atoms with Gasteiger partial charge in [-0.15, -0.1) is 0 Å². The third-order valence-electron chi connectivity index (χ3n) is 2.51. The van der Waals surface area contributed by atoms with Gasteiger partial charge >= 0.3 is 0 Å². The molecule has 0 radical (unpaired) electrons. The van der Waals surface area contributed by atoms with Gasteiger partial charge in [-0.25, -0.2) is 9.80 Å². The van der Waals surface area contributed by atoms with Crippen LogP contribution in [0.25, 0.3) is 0 Å². The predicted molar refractivity (Wildman–Crippen MR) is 47.4 cm³/mol. The van der Waals surface area contributed by atoms with Crippen molar-refractivity contribution in [3.8, 4) is 0 Å². The Bertz CT molecular complexity index is 151. The molecule has 0 saturated carbocycles. The van der Waals surface area contributed by atoms with E-state index in [9.17, 15) is 15.3 Å². The summed E-state index contributed by atoms with van der Waals surface area (Å²) >= 11 is 0. The first kappa shape index (κ1) is 10.9. The minimum Gasteiger partial charge on any atom is -0.378 e. The van der Waals surface area contributed by atoms with Crippen LogP contribution in [0.5, 0.6) is 0 Å². The highest BCUT2D eigenvalue weighted by molar-refractivity contribution is 4.76. The third kappa shape index (κ3) is 2.00. The minimum atomic E-state index is -0.881. The molecule has 1 aliphatic heterocycles. The number of hydrogen-bond acceptors (Lipinski definition) is 5. The van der Waals surface area contributed by atoms with Gasteiger partial charge in [0.1, 0.15) is 12.5 Å². The van der Waals surface area contributed by atoms with Gasteiger partial charge in [-0.2, -0.15) is 0 Å². The van der Waals surface area contributed by atoms with E-state index in [-0.39, 0.29) is 6.42 Å². The number of hydrogen-bond donors (Lipinski definition) is 3. The number of aliphatic hydroxyl groups excluding tert-OH is 3. The Labute approximate surface area is 78.2 Å². The van der Waals surface area contributed by atoms with Crippen LogP contribution in [0.2, 0.25) is 0 Å². The Morgan fingerprint density at radius 3 is 1.69 bits per heavy atom. The van der Waals surface area contributed by atoms with Crippen LogP contribution < -0.4 is 0 Å². The largest absolute Gasteiger partial charge is 0.378 e. The molecule has 13 heavy (non-hydrogen) atoms. The molecular weight excluding hydrogens is 172 g/mol. The van der Waals surface area contributed by atoms with Crippen molar-refractivity contribution in [2.24, 2.45) is 0 Å². The summed E-state index contributed by atoms with van der Waals surface area (Å²) in [6, 6.07) is 0. The van der Waals surface area contributed by atoms with Gasteiger partial charge in [0.2, 0.25) is 0 Å². The summed E-state index contributed by atoms with van der Waals surface area (Å²) in [6.07, 6.45) is -2.12. The summed E-state index contributed by atoms with van der Waals surface area (Å²) in [5.74, 6) is 0. The zero-order valence-corrected chi connectivity index (χ0v) is 8.09. The summed E-state index contributed by atoms with van der Waals surface area (Å²) in [6.45, 7) is 4.84. The molecule has 0 spiro atoms. The maximum atomic E-state index is 9.70. The second-order valence-electron chi connectivity index (χ2n) is 3.20. The molecule has 0 aliphatic carbocycles. The Morgan fingerprint density at radius 2 is 1.38 bits per heavy atom. The van der Waals surface area contributed by atoms with Gasteiger partial charge in [-0.05, 0) is 0 Å². The van der Waals surface area contributed by atoms with Crippen molar-refractivity contribution in [3.05, 3.63) is 0 Å². The topological polar surface area (TPSA) is 67.2 Å². The molecule has 0 aromatic rings. The van der Waals surface area contributed by atoms with E-state index in [4.69, 9.17) is 0 Å². The van der Waals surface area contributed by atoms with E-state index in [2.05, 4.69) is 0 Å². The molecular formula is C8H18N2O3. The molecule has 0 aromatic heterocycles. The molecule has 2 atom stereocenters. The first-order valence-corrected chi connectivity index (χ1v) is 4.67. The van der Waals surface area contributed by atoms with Crippen LogP contribution in [0.4, 0.5) is 0 Å². The lowest BCUT2D eigenvalue weighted by molar-refractivity contribution is -0.255. The van der Waals surface area contributed by atoms with Gasteiger partial charge in [0.15, 0.2) is 6.35 Å². The molecule has 2 unspecified atom stereocenters. The molecule has 0 bridgehead atoms.